The van der Waals surface area contributed by atoms with Crippen molar-refractivity contribution in [2.45, 2.75) is 9.99 Å². The van der Waals surface area contributed by atoms with E-state index in [-0.39, 0.29) is 21.7 Å². The molecule has 7 nitrogen and oxygen atoms in total. The predicted octanol–water partition coefficient (Wildman–Crippen LogP) is 6.23. The van der Waals surface area contributed by atoms with Gasteiger partial charge in [-0.05, 0) is 42.0 Å². The maximum Gasteiger partial charge on any atom is 0.250 e. The first-order valence-corrected chi connectivity index (χ1v) is 13.2. The van der Waals surface area contributed by atoms with Gasteiger partial charge in [0.15, 0.2) is 0 Å². The molecule has 37 heavy (non-hydrogen) atoms. The highest BCUT2D eigenvalue weighted by molar-refractivity contribution is 7.91. The van der Waals surface area contributed by atoms with Crippen LogP contribution in [-0.4, -0.2) is 31.0 Å². The number of aliphatic hydroxyl groups is 1. The molecule has 0 aliphatic rings. The minimum atomic E-state index is -4.20. The SMILES string of the molecule is O=C(CO)Nc1c(S(=O)(=O)c2ccccc2)oc2nc(-c3ccccc3Cl)c(-c3ccc(Cl)cc3)cc12. The number of fused-ring (bicyclic) bond motifs is 1. The molecule has 5 aromatic rings. The van der Waals surface area contributed by atoms with E-state index in [4.69, 9.17) is 27.6 Å². The number of anilines is 1. The van der Waals surface area contributed by atoms with E-state index in [9.17, 15) is 18.3 Å². The fourth-order valence-corrected chi connectivity index (χ4v) is 5.60. The number of aromatic nitrogens is 1. The van der Waals surface area contributed by atoms with Crippen molar-refractivity contribution in [1.82, 2.24) is 4.98 Å². The van der Waals surface area contributed by atoms with Gasteiger partial charge in [0.25, 0.3) is 0 Å². The third kappa shape index (κ3) is 4.72. The van der Waals surface area contributed by atoms with Gasteiger partial charge < -0.3 is 14.8 Å². The maximum atomic E-state index is 13.5. The average molecular weight is 553 g/mol. The number of carbonyl (C=O) groups is 1. The first-order chi connectivity index (χ1) is 17.8. The number of halogens is 2. The number of aliphatic hydroxyl groups excluding tert-OH is 1. The summed E-state index contributed by atoms with van der Waals surface area (Å²) in [5.41, 5.74) is 2.21. The molecule has 2 N–H and O–H groups in total. The van der Waals surface area contributed by atoms with Gasteiger partial charge in [-0.1, -0.05) is 71.7 Å². The van der Waals surface area contributed by atoms with E-state index in [1.165, 1.54) is 12.1 Å². The molecule has 2 aromatic heterocycles. The van der Waals surface area contributed by atoms with E-state index in [1.807, 2.05) is 0 Å². The highest BCUT2D eigenvalue weighted by atomic mass is 35.5. The summed E-state index contributed by atoms with van der Waals surface area (Å²) in [5, 5.41) is 12.5. The third-order valence-electron chi connectivity index (χ3n) is 5.64. The number of amides is 1. The standard InChI is InChI=1S/C27H18Cl2N2O5S/c28-17-12-10-16(11-13-17)20-14-21-25(30-23(33)15-32)27(37(34,35)18-6-2-1-3-7-18)36-26(21)31-24(20)19-8-4-5-9-22(19)29/h1-14,32H,15H2,(H,30,33). The predicted molar refractivity (Wildman–Crippen MR) is 143 cm³/mol. The highest BCUT2D eigenvalue weighted by Crippen LogP contribution is 2.42. The van der Waals surface area contributed by atoms with E-state index in [0.29, 0.717) is 26.9 Å². The van der Waals surface area contributed by atoms with Gasteiger partial charge in [0.1, 0.15) is 12.3 Å². The number of carbonyl (C=O) groups excluding carboxylic acids is 1. The molecule has 10 heteroatoms. The second-order valence-corrected chi connectivity index (χ2v) is 10.7. The molecule has 2 heterocycles. The summed E-state index contributed by atoms with van der Waals surface area (Å²) in [5.74, 6) is -0.810. The second kappa shape index (κ2) is 9.99. The van der Waals surface area contributed by atoms with Crippen LogP contribution in [0, 0.1) is 0 Å². The third-order valence-corrected chi connectivity index (χ3v) is 7.89. The van der Waals surface area contributed by atoms with Crippen LogP contribution in [0.15, 0.2) is 99.3 Å². The largest absolute Gasteiger partial charge is 0.424 e. The Morgan fingerprint density at radius 2 is 1.59 bits per heavy atom. The Labute approximate surface area is 222 Å². The van der Waals surface area contributed by atoms with Crippen molar-refractivity contribution < 1.29 is 22.7 Å². The topological polar surface area (TPSA) is 110 Å². The van der Waals surface area contributed by atoms with E-state index >= 15 is 0 Å². The lowest BCUT2D eigenvalue weighted by Gasteiger charge is -2.11. The lowest BCUT2D eigenvalue weighted by molar-refractivity contribution is -0.118. The quantitative estimate of drug-likeness (QED) is 0.258. The van der Waals surface area contributed by atoms with Gasteiger partial charge in [0.2, 0.25) is 26.6 Å². The van der Waals surface area contributed by atoms with Crippen LogP contribution in [0.5, 0.6) is 0 Å². The van der Waals surface area contributed by atoms with Gasteiger partial charge >= 0.3 is 0 Å². The summed E-state index contributed by atoms with van der Waals surface area (Å²) in [6.07, 6.45) is 0. The van der Waals surface area contributed by atoms with Crippen molar-refractivity contribution in [3.05, 3.63) is 95.0 Å². The van der Waals surface area contributed by atoms with Gasteiger partial charge in [-0.2, -0.15) is 0 Å². The summed E-state index contributed by atoms with van der Waals surface area (Å²) < 4.78 is 32.9. The Balaban J connectivity index is 1.85. The van der Waals surface area contributed by atoms with Crippen LogP contribution < -0.4 is 5.32 Å². The maximum absolute atomic E-state index is 13.5. The van der Waals surface area contributed by atoms with E-state index < -0.39 is 27.4 Å². The Morgan fingerprint density at radius 1 is 0.919 bits per heavy atom. The van der Waals surface area contributed by atoms with Crippen LogP contribution in [0.1, 0.15) is 0 Å². The molecule has 0 saturated heterocycles. The van der Waals surface area contributed by atoms with Crippen molar-refractivity contribution >= 4 is 55.7 Å². The number of pyridine rings is 1. The number of hydrogen-bond donors (Lipinski definition) is 2. The zero-order valence-corrected chi connectivity index (χ0v) is 21.3. The summed E-state index contributed by atoms with van der Waals surface area (Å²) >= 11 is 12.6. The lowest BCUT2D eigenvalue weighted by Crippen LogP contribution is -2.17. The Morgan fingerprint density at radius 3 is 2.27 bits per heavy atom. The monoisotopic (exact) mass is 552 g/mol. The molecule has 0 aliphatic heterocycles. The minimum Gasteiger partial charge on any atom is -0.424 e. The Kier molecular flexibility index (Phi) is 6.74. The molecular weight excluding hydrogens is 535 g/mol. The molecule has 1 amide bonds. The normalized spacial score (nSPS) is 11.5. The first kappa shape index (κ1) is 25.0. The Bertz CT molecular complexity index is 1730. The Hall–Kier alpha value is -3.69. The summed E-state index contributed by atoms with van der Waals surface area (Å²) in [6.45, 7) is -0.854. The van der Waals surface area contributed by atoms with Crippen LogP contribution in [0.2, 0.25) is 10.0 Å². The van der Waals surface area contributed by atoms with Gasteiger partial charge in [-0.3, -0.25) is 4.79 Å². The molecule has 3 aromatic carbocycles. The van der Waals surface area contributed by atoms with Crippen LogP contribution >= 0.6 is 23.2 Å². The van der Waals surface area contributed by atoms with Crippen LogP contribution in [0.4, 0.5) is 5.69 Å². The van der Waals surface area contributed by atoms with Gasteiger partial charge in [0.05, 0.1) is 16.0 Å². The van der Waals surface area contributed by atoms with Crippen LogP contribution in [-0.2, 0) is 14.6 Å². The van der Waals surface area contributed by atoms with Gasteiger partial charge in [-0.25, -0.2) is 13.4 Å². The molecule has 0 fully saturated rings. The van der Waals surface area contributed by atoms with Gasteiger partial charge in [-0.15, -0.1) is 0 Å². The minimum absolute atomic E-state index is 0.0298. The zero-order chi connectivity index (χ0) is 26.2. The molecule has 186 valence electrons. The van der Waals surface area contributed by atoms with Crippen LogP contribution in [0.3, 0.4) is 0 Å². The average Bonchev–Trinajstić information content (AvgIpc) is 3.27. The van der Waals surface area contributed by atoms with Crippen molar-refractivity contribution in [1.29, 1.82) is 0 Å². The number of sulfone groups is 1. The highest BCUT2D eigenvalue weighted by Gasteiger charge is 2.31. The summed E-state index contributed by atoms with van der Waals surface area (Å²) in [4.78, 5) is 16.8. The molecule has 0 bridgehead atoms. The number of rotatable bonds is 6. The number of furan rings is 1. The summed E-state index contributed by atoms with van der Waals surface area (Å²) in [7, 11) is -4.20. The zero-order valence-electron chi connectivity index (χ0n) is 19.0. The van der Waals surface area contributed by atoms with E-state index in [0.717, 1.165) is 5.56 Å². The smallest absolute Gasteiger partial charge is 0.250 e. The van der Waals surface area contributed by atoms with Crippen molar-refractivity contribution in [3.8, 4) is 22.4 Å². The molecular formula is C27H18Cl2N2O5S. The molecule has 5 rings (SSSR count). The van der Waals surface area contributed by atoms with Crippen molar-refractivity contribution in [2.24, 2.45) is 0 Å². The van der Waals surface area contributed by atoms with Crippen molar-refractivity contribution in [3.63, 3.8) is 0 Å². The molecule has 0 unspecified atom stereocenters. The molecule has 0 spiro atoms. The lowest BCUT2D eigenvalue weighted by atomic mass is 9.98. The fraction of sp³-hybridized carbons (Fsp3) is 0.0370. The molecule has 0 saturated carbocycles. The molecule has 0 aliphatic carbocycles. The summed E-state index contributed by atoms with van der Waals surface area (Å²) in [6, 6.07) is 23.4. The number of nitrogens with one attached hydrogen (secondary N) is 1. The first-order valence-electron chi connectivity index (χ1n) is 11.0. The van der Waals surface area contributed by atoms with E-state index in [1.54, 1.807) is 72.8 Å². The molecule has 0 atom stereocenters. The number of nitrogens with zero attached hydrogens (tertiary/aromatic N) is 1. The number of benzene rings is 3. The number of hydrogen-bond acceptors (Lipinski definition) is 6. The fourth-order valence-electron chi connectivity index (χ4n) is 3.90. The van der Waals surface area contributed by atoms with Gasteiger partial charge in [0, 0.05) is 21.2 Å². The van der Waals surface area contributed by atoms with Crippen LogP contribution in [0.25, 0.3) is 33.5 Å². The van der Waals surface area contributed by atoms with Crippen molar-refractivity contribution in [2.75, 3.05) is 11.9 Å². The molecule has 0 radical (unpaired) electrons. The van der Waals surface area contributed by atoms with E-state index in [2.05, 4.69) is 10.3 Å². The second-order valence-electron chi connectivity index (χ2n) is 8.01.